The van der Waals surface area contributed by atoms with Crippen molar-refractivity contribution in [2.45, 2.75) is 23.8 Å². The lowest BCUT2D eigenvalue weighted by Crippen LogP contribution is -2.30. The number of hydrogen-bond donors (Lipinski definition) is 1. The molecule has 1 aliphatic heterocycles. The fraction of sp³-hybridized carbons (Fsp3) is 0.182. The molecule has 4 rings (SSSR count). The van der Waals surface area contributed by atoms with Crippen LogP contribution in [-0.2, 0) is 7.05 Å². The molecule has 3 heterocycles. The topological polar surface area (TPSA) is 84.3 Å². The molecule has 1 N–H and O–H groups in total. The summed E-state index contributed by atoms with van der Waals surface area (Å²) in [6.45, 7) is 3.55. The predicted molar refractivity (Wildman–Crippen MR) is 117 cm³/mol. The number of benzene rings is 1. The lowest BCUT2D eigenvalue weighted by Gasteiger charge is -2.16. The first kappa shape index (κ1) is 19.9. The van der Waals surface area contributed by atoms with E-state index in [4.69, 9.17) is 0 Å². The molecule has 2 aromatic heterocycles. The lowest BCUT2D eigenvalue weighted by atomic mass is 10.1. The number of nitrogens with one attached hydrogen (secondary N) is 1. The highest BCUT2D eigenvalue weighted by atomic mass is 32.2. The van der Waals surface area contributed by atoms with Gasteiger partial charge >= 0.3 is 0 Å². The Morgan fingerprint density at radius 2 is 1.87 bits per heavy atom. The Kier molecular flexibility index (Phi) is 4.95. The number of aryl methyl sites for hydroxylation is 2. The van der Waals surface area contributed by atoms with Crippen LogP contribution in [0.5, 0.6) is 0 Å². The first-order valence-electron chi connectivity index (χ1n) is 9.31. The number of fused-ring (bicyclic) bond motifs is 2. The Balaban J connectivity index is 1.70. The SMILES string of the molecule is Cc1cc(C)n(C)c(=O)c1C(=O)Nc1ccc2c(c1)C(=O)N(C)c1cccnc1S2. The molecule has 2 amide bonds. The van der Waals surface area contributed by atoms with E-state index < -0.39 is 5.91 Å². The van der Waals surface area contributed by atoms with Crippen LogP contribution in [0, 0.1) is 13.8 Å². The van der Waals surface area contributed by atoms with Gasteiger partial charge in [0, 0.05) is 36.6 Å². The minimum atomic E-state index is -0.500. The minimum absolute atomic E-state index is 0.0902. The van der Waals surface area contributed by atoms with Crippen molar-refractivity contribution in [3.8, 4) is 0 Å². The fourth-order valence-electron chi connectivity index (χ4n) is 3.42. The third-order valence-corrected chi connectivity index (χ3v) is 6.27. The Morgan fingerprint density at radius 3 is 2.63 bits per heavy atom. The summed E-state index contributed by atoms with van der Waals surface area (Å²) in [5, 5.41) is 3.50. The van der Waals surface area contributed by atoms with Crippen molar-refractivity contribution in [3.63, 3.8) is 0 Å². The average Bonchev–Trinajstić information content (AvgIpc) is 2.82. The Hall–Kier alpha value is -3.39. The lowest BCUT2D eigenvalue weighted by molar-refractivity contribution is 0.0987. The number of hydrogen-bond acceptors (Lipinski definition) is 5. The number of anilines is 2. The summed E-state index contributed by atoms with van der Waals surface area (Å²) < 4.78 is 1.44. The summed E-state index contributed by atoms with van der Waals surface area (Å²) in [7, 11) is 3.33. The smallest absolute Gasteiger partial charge is 0.263 e. The zero-order valence-electron chi connectivity index (χ0n) is 17.0. The van der Waals surface area contributed by atoms with Gasteiger partial charge in [0.15, 0.2) is 0 Å². The van der Waals surface area contributed by atoms with Crippen molar-refractivity contribution in [1.29, 1.82) is 0 Å². The van der Waals surface area contributed by atoms with Crippen LogP contribution in [0.1, 0.15) is 32.0 Å². The molecular weight excluding hydrogens is 400 g/mol. The van der Waals surface area contributed by atoms with Gasteiger partial charge in [-0.3, -0.25) is 14.4 Å². The van der Waals surface area contributed by atoms with Crippen molar-refractivity contribution in [1.82, 2.24) is 9.55 Å². The molecule has 30 heavy (non-hydrogen) atoms. The van der Waals surface area contributed by atoms with Gasteiger partial charge in [-0.25, -0.2) is 4.98 Å². The summed E-state index contributed by atoms with van der Waals surface area (Å²) in [5.41, 5.74) is 2.76. The van der Waals surface area contributed by atoms with E-state index in [1.807, 2.05) is 13.0 Å². The molecule has 3 aromatic rings. The molecule has 8 heteroatoms. The Morgan fingerprint density at radius 1 is 1.10 bits per heavy atom. The molecule has 0 unspecified atom stereocenters. The second-order valence-electron chi connectivity index (χ2n) is 7.17. The first-order chi connectivity index (χ1) is 14.3. The van der Waals surface area contributed by atoms with Gasteiger partial charge < -0.3 is 14.8 Å². The molecule has 0 bridgehead atoms. The molecule has 0 saturated carbocycles. The van der Waals surface area contributed by atoms with Crippen molar-refractivity contribution >= 4 is 35.0 Å². The van der Waals surface area contributed by atoms with Gasteiger partial charge in [0.05, 0.1) is 11.3 Å². The van der Waals surface area contributed by atoms with Gasteiger partial charge in [0.1, 0.15) is 10.6 Å². The number of amides is 2. The number of carbonyl (C=O) groups excluding carboxylic acids is 2. The van der Waals surface area contributed by atoms with Crippen LogP contribution in [-0.4, -0.2) is 28.4 Å². The summed E-state index contributed by atoms with van der Waals surface area (Å²) >= 11 is 1.40. The Bertz CT molecular complexity index is 1270. The van der Waals surface area contributed by atoms with Crippen molar-refractivity contribution in [2.75, 3.05) is 17.3 Å². The largest absolute Gasteiger partial charge is 0.322 e. The van der Waals surface area contributed by atoms with Gasteiger partial charge in [-0.1, -0.05) is 11.8 Å². The van der Waals surface area contributed by atoms with E-state index in [1.54, 1.807) is 62.4 Å². The maximum Gasteiger partial charge on any atom is 0.263 e. The molecule has 1 aromatic carbocycles. The zero-order chi connectivity index (χ0) is 21.6. The van der Waals surface area contributed by atoms with E-state index in [2.05, 4.69) is 10.3 Å². The molecule has 0 aliphatic carbocycles. The Labute approximate surface area is 177 Å². The molecule has 0 saturated heterocycles. The molecule has 0 spiro atoms. The van der Waals surface area contributed by atoms with Crippen LogP contribution < -0.4 is 15.8 Å². The normalized spacial score (nSPS) is 12.8. The predicted octanol–water partition coefficient (Wildman–Crippen LogP) is 3.39. The average molecular weight is 420 g/mol. The van der Waals surface area contributed by atoms with Crippen LogP contribution in [0.15, 0.2) is 57.3 Å². The molecular formula is C22H20N4O3S. The fourth-order valence-corrected chi connectivity index (χ4v) is 4.45. The van der Waals surface area contributed by atoms with Crippen LogP contribution in [0.2, 0.25) is 0 Å². The highest BCUT2D eigenvalue weighted by molar-refractivity contribution is 7.99. The first-order valence-corrected chi connectivity index (χ1v) is 10.1. The van der Waals surface area contributed by atoms with Gasteiger partial charge in [-0.05, 0) is 55.8 Å². The molecule has 0 radical (unpaired) electrons. The molecule has 7 nitrogen and oxygen atoms in total. The highest BCUT2D eigenvalue weighted by Gasteiger charge is 2.26. The van der Waals surface area contributed by atoms with E-state index in [9.17, 15) is 14.4 Å². The zero-order valence-corrected chi connectivity index (χ0v) is 17.8. The maximum absolute atomic E-state index is 13.0. The minimum Gasteiger partial charge on any atom is -0.322 e. The standard InChI is InChI=1S/C22H20N4O3S/c1-12-10-13(2)25(3)22(29)18(12)19(27)24-14-7-8-17-15(11-14)21(28)26(4)16-6-5-9-23-20(16)30-17/h5-11H,1-4H3,(H,24,27). The van der Waals surface area contributed by atoms with Crippen LogP contribution in [0.3, 0.4) is 0 Å². The van der Waals surface area contributed by atoms with Crippen LogP contribution >= 0.6 is 11.8 Å². The van der Waals surface area contributed by atoms with Gasteiger partial charge in [0.25, 0.3) is 17.4 Å². The summed E-state index contributed by atoms with van der Waals surface area (Å²) in [6, 6.07) is 10.6. The number of rotatable bonds is 2. The number of carbonyl (C=O) groups is 2. The van der Waals surface area contributed by atoms with Crippen LogP contribution in [0.4, 0.5) is 11.4 Å². The number of nitrogens with zero attached hydrogens (tertiary/aromatic N) is 3. The molecule has 0 atom stereocenters. The monoisotopic (exact) mass is 420 g/mol. The molecule has 1 aliphatic rings. The second-order valence-corrected chi connectivity index (χ2v) is 8.20. The van der Waals surface area contributed by atoms with Gasteiger partial charge in [-0.15, -0.1) is 0 Å². The van der Waals surface area contributed by atoms with Crippen molar-refractivity contribution in [2.24, 2.45) is 7.05 Å². The maximum atomic E-state index is 13.0. The van der Waals surface area contributed by atoms with Gasteiger partial charge in [-0.2, -0.15) is 0 Å². The van der Waals surface area contributed by atoms with E-state index in [1.165, 1.54) is 16.3 Å². The summed E-state index contributed by atoms with van der Waals surface area (Å²) in [5.74, 6) is -0.692. The van der Waals surface area contributed by atoms with E-state index in [-0.39, 0.29) is 17.0 Å². The van der Waals surface area contributed by atoms with E-state index >= 15 is 0 Å². The summed E-state index contributed by atoms with van der Waals surface area (Å²) in [4.78, 5) is 45.1. The molecule has 0 fully saturated rings. The highest BCUT2D eigenvalue weighted by Crippen LogP contribution is 2.40. The van der Waals surface area contributed by atoms with E-state index in [0.717, 1.165) is 21.3 Å². The van der Waals surface area contributed by atoms with Crippen molar-refractivity contribution < 1.29 is 9.59 Å². The van der Waals surface area contributed by atoms with Gasteiger partial charge in [0.2, 0.25) is 0 Å². The van der Waals surface area contributed by atoms with Crippen LogP contribution in [0.25, 0.3) is 0 Å². The third kappa shape index (κ3) is 3.29. The summed E-state index contributed by atoms with van der Waals surface area (Å²) in [6.07, 6.45) is 1.69. The van der Waals surface area contributed by atoms with E-state index in [0.29, 0.717) is 16.8 Å². The number of pyridine rings is 2. The second kappa shape index (κ2) is 7.46. The molecule has 152 valence electrons. The third-order valence-electron chi connectivity index (χ3n) is 5.19. The quantitative estimate of drug-likeness (QED) is 0.687. The van der Waals surface area contributed by atoms with Crippen molar-refractivity contribution in [3.05, 3.63) is 75.3 Å². The number of aromatic nitrogens is 2.